The number of nitrogens with one attached hydrogen (secondary N) is 1. The van der Waals surface area contributed by atoms with Crippen molar-refractivity contribution in [2.24, 2.45) is 0 Å². The average Bonchev–Trinajstić information content (AvgIpc) is 3.05. The number of imidazole rings is 1. The molecule has 30 heavy (non-hydrogen) atoms. The number of aromatic nitrogens is 2. The van der Waals surface area contributed by atoms with Gasteiger partial charge in [-0.3, -0.25) is 0 Å². The zero-order valence-corrected chi connectivity index (χ0v) is 15.8. The predicted octanol–water partition coefficient (Wildman–Crippen LogP) is 5.12. The Morgan fingerprint density at radius 3 is 2.33 bits per heavy atom. The van der Waals surface area contributed by atoms with E-state index in [-0.39, 0.29) is 22.5 Å². The van der Waals surface area contributed by atoms with Crippen molar-refractivity contribution >= 4 is 9.84 Å². The molecule has 1 heterocycles. The third-order valence-electron chi connectivity index (χ3n) is 3.89. The molecule has 1 N–H and O–H groups in total. The molecule has 160 valence electrons. The van der Waals surface area contributed by atoms with Crippen molar-refractivity contribution in [1.29, 1.82) is 0 Å². The number of nitrogens with zero attached hydrogens (tertiary/aromatic N) is 1. The summed E-state index contributed by atoms with van der Waals surface area (Å²) in [5.74, 6) is -2.52. The van der Waals surface area contributed by atoms with Gasteiger partial charge < -0.3 is 9.72 Å². The molecule has 0 spiro atoms. The summed E-state index contributed by atoms with van der Waals surface area (Å²) >= 11 is 0. The highest BCUT2D eigenvalue weighted by Gasteiger charge is 2.31. The lowest BCUT2D eigenvalue weighted by Crippen LogP contribution is -2.17. The predicted molar refractivity (Wildman–Crippen MR) is 94.2 cm³/mol. The molecular weight excluding hydrogens is 438 g/mol. The Morgan fingerprint density at radius 2 is 1.77 bits per heavy atom. The Kier molecular flexibility index (Phi) is 5.54. The quantitative estimate of drug-likeness (QED) is 0.548. The van der Waals surface area contributed by atoms with Crippen LogP contribution in [0.3, 0.4) is 0 Å². The second-order valence-electron chi connectivity index (χ2n) is 6.14. The van der Waals surface area contributed by atoms with Crippen LogP contribution in [-0.2, 0) is 9.84 Å². The third kappa shape index (κ3) is 4.75. The average molecular weight is 450 g/mol. The molecule has 0 radical (unpaired) electrons. The van der Waals surface area contributed by atoms with Crippen LogP contribution in [0, 0.1) is 5.82 Å². The molecule has 0 atom stereocenters. The molecule has 0 bridgehead atoms. The van der Waals surface area contributed by atoms with E-state index in [9.17, 15) is 34.8 Å². The van der Waals surface area contributed by atoms with Crippen molar-refractivity contribution in [3.8, 4) is 28.3 Å². The van der Waals surface area contributed by atoms with Crippen molar-refractivity contribution < 1.29 is 39.5 Å². The molecule has 3 rings (SSSR count). The van der Waals surface area contributed by atoms with E-state index in [1.165, 1.54) is 12.1 Å². The van der Waals surface area contributed by atoms with Gasteiger partial charge in [-0.2, -0.15) is 0 Å². The SMILES string of the molecule is CS(=O)(=O)c1ccc(-c2nc(C(F)F)[nH]c2-c2cccc(OC(F)(F)F)c2)cc1F. The first-order valence-electron chi connectivity index (χ1n) is 8.09. The highest BCUT2D eigenvalue weighted by molar-refractivity contribution is 7.90. The van der Waals surface area contributed by atoms with Crippen LogP contribution < -0.4 is 4.74 Å². The Balaban J connectivity index is 2.14. The Morgan fingerprint density at radius 1 is 1.07 bits per heavy atom. The van der Waals surface area contributed by atoms with Gasteiger partial charge >= 0.3 is 6.36 Å². The van der Waals surface area contributed by atoms with E-state index < -0.39 is 44.9 Å². The second kappa shape index (κ2) is 7.67. The first kappa shape index (κ1) is 21.7. The van der Waals surface area contributed by atoms with E-state index in [4.69, 9.17) is 0 Å². The Hall–Kier alpha value is -3.02. The highest BCUT2D eigenvalue weighted by Crippen LogP contribution is 2.35. The molecule has 2 aromatic carbocycles. The number of hydrogen-bond donors (Lipinski definition) is 1. The van der Waals surface area contributed by atoms with E-state index in [2.05, 4.69) is 14.7 Å². The van der Waals surface area contributed by atoms with E-state index in [0.29, 0.717) is 0 Å². The fourth-order valence-electron chi connectivity index (χ4n) is 2.71. The summed E-state index contributed by atoms with van der Waals surface area (Å²) in [6.45, 7) is 0. The lowest BCUT2D eigenvalue weighted by Gasteiger charge is -2.10. The number of rotatable bonds is 5. The third-order valence-corrected chi connectivity index (χ3v) is 5.02. The van der Waals surface area contributed by atoms with Crippen molar-refractivity contribution in [2.45, 2.75) is 17.7 Å². The van der Waals surface area contributed by atoms with Crippen LogP contribution in [0.1, 0.15) is 12.2 Å². The summed E-state index contributed by atoms with van der Waals surface area (Å²) in [6, 6.07) is 7.38. The van der Waals surface area contributed by atoms with E-state index in [0.717, 1.165) is 36.6 Å². The molecule has 0 amide bonds. The second-order valence-corrected chi connectivity index (χ2v) is 8.12. The smallest absolute Gasteiger partial charge is 0.406 e. The fourth-order valence-corrected chi connectivity index (χ4v) is 3.44. The monoisotopic (exact) mass is 450 g/mol. The maximum absolute atomic E-state index is 14.3. The molecule has 0 aliphatic carbocycles. The maximum Gasteiger partial charge on any atom is 0.573 e. The minimum absolute atomic E-state index is 0.0127. The van der Waals surface area contributed by atoms with E-state index in [1.54, 1.807) is 0 Å². The van der Waals surface area contributed by atoms with Gasteiger partial charge in [-0.15, -0.1) is 13.2 Å². The minimum atomic E-state index is -4.96. The van der Waals surface area contributed by atoms with Crippen LogP contribution in [0.2, 0.25) is 0 Å². The van der Waals surface area contributed by atoms with E-state index >= 15 is 0 Å². The first-order chi connectivity index (χ1) is 13.8. The zero-order chi connectivity index (χ0) is 22.3. The van der Waals surface area contributed by atoms with Gasteiger partial charge in [0.1, 0.15) is 16.5 Å². The minimum Gasteiger partial charge on any atom is -0.406 e. The standard InChI is InChI=1S/C18H12F6N2O3S/c1-30(27,28)13-6-5-10(8-12(13)19)15-14(25-17(26-15)16(20)21)9-3-2-4-11(7-9)29-18(22,23)24/h2-8,16H,1H3,(H,25,26). The largest absolute Gasteiger partial charge is 0.573 e. The first-order valence-corrected chi connectivity index (χ1v) is 9.98. The number of hydrogen-bond acceptors (Lipinski definition) is 4. The number of halogens is 6. The summed E-state index contributed by atoms with van der Waals surface area (Å²) in [7, 11) is -3.87. The summed E-state index contributed by atoms with van der Waals surface area (Å²) in [5.41, 5.74) is -0.364. The van der Waals surface area contributed by atoms with Crippen LogP contribution in [0.5, 0.6) is 5.75 Å². The maximum atomic E-state index is 14.3. The topological polar surface area (TPSA) is 72.0 Å². The summed E-state index contributed by atoms with van der Waals surface area (Å²) in [6.07, 6.45) is -7.22. The zero-order valence-electron chi connectivity index (χ0n) is 15.0. The van der Waals surface area contributed by atoms with E-state index in [1.807, 2.05) is 0 Å². The fraction of sp³-hybridized carbons (Fsp3) is 0.167. The normalized spacial score (nSPS) is 12.4. The van der Waals surface area contributed by atoms with Crippen LogP contribution in [0.4, 0.5) is 26.3 Å². The van der Waals surface area contributed by atoms with Crippen molar-refractivity contribution in [2.75, 3.05) is 6.26 Å². The number of ether oxygens (including phenoxy) is 1. The Labute approximate surface area is 166 Å². The van der Waals surface area contributed by atoms with Gasteiger partial charge in [0.25, 0.3) is 6.43 Å². The number of benzene rings is 2. The van der Waals surface area contributed by atoms with Crippen LogP contribution >= 0.6 is 0 Å². The number of alkyl halides is 5. The van der Waals surface area contributed by atoms with Crippen molar-refractivity contribution in [1.82, 2.24) is 9.97 Å². The molecular formula is C18H12F6N2O3S. The van der Waals surface area contributed by atoms with Gasteiger partial charge in [-0.1, -0.05) is 18.2 Å². The molecule has 5 nitrogen and oxygen atoms in total. The molecule has 3 aromatic rings. The lowest BCUT2D eigenvalue weighted by molar-refractivity contribution is -0.274. The van der Waals surface area contributed by atoms with Crippen LogP contribution in [0.25, 0.3) is 22.5 Å². The molecule has 0 aliphatic rings. The molecule has 0 saturated heterocycles. The summed E-state index contributed by atoms with van der Waals surface area (Å²) < 4.78 is 105. The molecule has 0 saturated carbocycles. The van der Waals surface area contributed by atoms with Gasteiger partial charge in [0.05, 0.1) is 11.4 Å². The van der Waals surface area contributed by atoms with Gasteiger partial charge in [0.15, 0.2) is 15.7 Å². The Bertz CT molecular complexity index is 1190. The highest BCUT2D eigenvalue weighted by atomic mass is 32.2. The molecule has 0 unspecified atom stereocenters. The summed E-state index contributed by atoms with van der Waals surface area (Å²) in [5, 5.41) is 0. The van der Waals surface area contributed by atoms with Crippen molar-refractivity contribution in [3.63, 3.8) is 0 Å². The molecule has 1 aromatic heterocycles. The number of H-pyrrole nitrogens is 1. The molecule has 12 heteroatoms. The van der Waals surface area contributed by atoms with Crippen LogP contribution in [0.15, 0.2) is 47.4 Å². The van der Waals surface area contributed by atoms with Gasteiger partial charge in [-0.05, 0) is 24.3 Å². The van der Waals surface area contributed by atoms with Crippen LogP contribution in [-0.4, -0.2) is 31.0 Å². The van der Waals surface area contributed by atoms with Gasteiger partial charge in [0.2, 0.25) is 0 Å². The molecule has 0 fully saturated rings. The summed E-state index contributed by atoms with van der Waals surface area (Å²) in [4.78, 5) is 5.42. The van der Waals surface area contributed by atoms with Crippen molar-refractivity contribution in [3.05, 3.63) is 54.1 Å². The van der Waals surface area contributed by atoms with Gasteiger partial charge in [0, 0.05) is 17.4 Å². The molecule has 0 aliphatic heterocycles. The number of aromatic amines is 1. The number of sulfone groups is 1. The lowest BCUT2D eigenvalue weighted by atomic mass is 10.0. The van der Waals surface area contributed by atoms with Gasteiger partial charge in [-0.25, -0.2) is 26.6 Å².